The second kappa shape index (κ2) is 7.24. The minimum absolute atomic E-state index is 0.223. The molecule has 0 saturated carbocycles. The molecule has 2 rings (SSSR count). The van der Waals surface area contributed by atoms with Gasteiger partial charge in [-0.05, 0) is 24.3 Å². The van der Waals surface area contributed by atoms with Gasteiger partial charge in [0.1, 0.15) is 3.53 Å². The van der Waals surface area contributed by atoms with Gasteiger partial charge in [-0.25, -0.2) is 0 Å². The van der Waals surface area contributed by atoms with E-state index in [1.165, 1.54) is 16.7 Å². The van der Waals surface area contributed by atoms with Crippen molar-refractivity contribution in [2.75, 3.05) is 11.6 Å². The third-order valence-corrected chi connectivity index (χ3v) is 5.67. The van der Waals surface area contributed by atoms with E-state index in [1.807, 2.05) is 0 Å². The second-order valence-corrected chi connectivity index (χ2v) is 7.55. The van der Waals surface area contributed by atoms with Crippen LogP contribution in [0.4, 0.5) is 0 Å². The Labute approximate surface area is 132 Å². The van der Waals surface area contributed by atoms with Crippen LogP contribution < -0.4 is 0 Å². The third kappa shape index (κ3) is 3.42. The van der Waals surface area contributed by atoms with Crippen LogP contribution >= 0.6 is 35.7 Å². The Balaban J connectivity index is 1.91. The van der Waals surface area contributed by atoms with Crippen LogP contribution in [0.15, 0.2) is 24.3 Å². The molecule has 0 atom stereocenters. The first-order valence-electron chi connectivity index (χ1n) is 6.40. The summed E-state index contributed by atoms with van der Waals surface area (Å²) in [5, 5.41) is 0. The zero-order valence-corrected chi connectivity index (χ0v) is 13.6. The van der Waals surface area contributed by atoms with Crippen molar-refractivity contribution in [1.29, 1.82) is 0 Å². The molecule has 2 amide bonds. The molecule has 3 nitrogen and oxygen atoms in total. The predicted octanol–water partition coefficient (Wildman–Crippen LogP) is 3.79. The van der Waals surface area contributed by atoms with Gasteiger partial charge in [-0.15, -0.1) is 11.8 Å². The summed E-state index contributed by atoms with van der Waals surface area (Å²) in [5.41, 5.74) is 0.977. The fourth-order valence-electron chi connectivity index (χ4n) is 1.82. The van der Waals surface area contributed by atoms with Crippen molar-refractivity contribution in [2.45, 2.75) is 19.8 Å². The number of amides is 2. The highest BCUT2D eigenvalue weighted by molar-refractivity contribution is 8.47. The number of fused-ring (bicyclic) bond motifs is 1. The first-order chi connectivity index (χ1) is 9.65. The molecule has 0 fully saturated rings. The average molecular weight is 325 g/mol. The number of rotatable bonds is 5. The molecule has 1 aromatic carbocycles. The van der Waals surface area contributed by atoms with Crippen LogP contribution in [-0.2, 0) is 0 Å². The third-order valence-electron chi connectivity index (χ3n) is 2.91. The Morgan fingerprint density at radius 3 is 2.30 bits per heavy atom. The standard InChI is InChI=1S/C14H15NO2S3/c1-2-3-8-19-14(18)20-9-15-12(16)10-6-4-5-7-11(10)13(15)17/h4-7H,2-3,8-9H2,1H3. The molecule has 0 aromatic heterocycles. The number of hydrogen-bond acceptors (Lipinski definition) is 5. The molecule has 20 heavy (non-hydrogen) atoms. The highest BCUT2D eigenvalue weighted by Crippen LogP contribution is 2.26. The zero-order chi connectivity index (χ0) is 14.5. The molecule has 106 valence electrons. The Hall–Kier alpha value is -0.850. The van der Waals surface area contributed by atoms with E-state index < -0.39 is 0 Å². The lowest BCUT2D eigenvalue weighted by molar-refractivity contribution is 0.0684. The topological polar surface area (TPSA) is 37.4 Å². The molecular weight excluding hydrogens is 310 g/mol. The summed E-state index contributed by atoms with van der Waals surface area (Å²) in [7, 11) is 0. The monoisotopic (exact) mass is 325 g/mol. The van der Waals surface area contributed by atoms with E-state index in [2.05, 4.69) is 6.92 Å². The summed E-state index contributed by atoms with van der Waals surface area (Å²) >= 11 is 8.24. The molecule has 0 spiro atoms. The molecule has 0 unspecified atom stereocenters. The van der Waals surface area contributed by atoms with Crippen LogP contribution in [0.2, 0.25) is 0 Å². The molecule has 1 heterocycles. The van der Waals surface area contributed by atoms with E-state index in [1.54, 1.807) is 36.0 Å². The molecular formula is C14H15NO2S3. The number of nitrogens with zero attached hydrogens (tertiary/aromatic N) is 1. The van der Waals surface area contributed by atoms with Crippen LogP contribution in [0.1, 0.15) is 40.5 Å². The van der Waals surface area contributed by atoms with E-state index in [-0.39, 0.29) is 11.8 Å². The van der Waals surface area contributed by atoms with Gasteiger partial charge in [-0.2, -0.15) is 0 Å². The number of benzene rings is 1. The molecule has 1 aliphatic rings. The van der Waals surface area contributed by atoms with Crippen LogP contribution in [0.5, 0.6) is 0 Å². The number of imide groups is 1. The molecule has 1 aliphatic heterocycles. The Morgan fingerprint density at radius 2 is 1.75 bits per heavy atom. The maximum Gasteiger partial charge on any atom is 0.262 e. The predicted molar refractivity (Wildman–Crippen MR) is 89.4 cm³/mol. The summed E-state index contributed by atoms with van der Waals surface area (Å²) < 4.78 is 0.787. The number of carbonyl (C=O) groups is 2. The van der Waals surface area contributed by atoms with Gasteiger partial charge in [-0.1, -0.05) is 49.5 Å². The Bertz CT molecular complexity index is 510. The quantitative estimate of drug-likeness (QED) is 0.468. The normalized spacial score (nSPS) is 13.8. The molecule has 0 saturated heterocycles. The number of thiocarbonyl (C=S) groups is 1. The van der Waals surface area contributed by atoms with Gasteiger partial charge in [-0.3, -0.25) is 14.5 Å². The summed E-state index contributed by atoms with van der Waals surface area (Å²) in [6.07, 6.45) is 2.26. The maximum atomic E-state index is 12.1. The first-order valence-corrected chi connectivity index (χ1v) is 8.78. The lowest BCUT2D eigenvalue weighted by Gasteiger charge is -2.13. The summed E-state index contributed by atoms with van der Waals surface area (Å²) in [4.78, 5) is 25.5. The van der Waals surface area contributed by atoms with Gasteiger partial charge < -0.3 is 0 Å². The van der Waals surface area contributed by atoms with Crippen molar-refractivity contribution in [3.63, 3.8) is 0 Å². The van der Waals surface area contributed by atoms with Crippen molar-refractivity contribution < 1.29 is 9.59 Å². The fourth-order valence-corrected chi connectivity index (χ4v) is 4.03. The molecule has 0 aliphatic carbocycles. The highest BCUT2D eigenvalue weighted by Gasteiger charge is 2.34. The molecule has 6 heteroatoms. The molecule has 0 radical (unpaired) electrons. The van der Waals surface area contributed by atoms with Crippen molar-refractivity contribution in [3.05, 3.63) is 35.4 Å². The van der Waals surface area contributed by atoms with E-state index in [9.17, 15) is 9.59 Å². The van der Waals surface area contributed by atoms with Gasteiger partial charge in [0.15, 0.2) is 0 Å². The van der Waals surface area contributed by atoms with E-state index in [0.717, 1.165) is 22.1 Å². The average Bonchev–Trinajstić information content (AvgIpc) is 2.70. The number of carbonyl (C=O) groups excluding carboxylic acids is 2. The van der Waals surface area contributed by atoms with Gasteiger partial charge >= 0.3 is 0 Å². The molecule has 0 N–H and O–H groups in total. The number of hydrogen-bond donors (Lipinski definition) is 0. The SMILES string of the molecule is CCCCSC(=S)SCN1C(=O)c2ccccc2C1=O. The van der Waals surface area contributed by atoms with E-state index >= 15 is 0 Å². The lowest BCUT2D eigenvalue weighted by atomic mass is 10.1. The largest absolute Gasteiger partial charge is 0.269 e. The van der Waals surface area contributed by atoms with E-state index in [4.69, 9.17) is 12.2 Å². The van der Waals surface area contributed by atoms with Gasteiger partial charge in [0.25, 0.3) is 11.8 Å². The number of thioether (sulfide) groups is 2. The van der Waals surface area contributed by atoms with Crippen molar-refractivity contribution in [2.24, 2.45) is 0 Å². The summed E-state index contributed by atoms with van der Waals surface area (Å²) in [6, 6.07) is 6.92. The minimum Gasteiger partial charge on any atom is -0.269 e. The Morgan fingerprint density at radius 1 is 1.15 bits per heavy atom. The smallest absolute Gasteiger partial charge is 0.262 e. The molecule has 0 bridgehead atoms. The summed E-state index contributed by atoms with van der Waals surface area (Å²) in [6.45, 7) is 2.13. The maximum absolute atomic E-state index is 12.1. The van der Waals surface area contributed by atoms with Crippen LogP contribution in [0.25, 0.3) is 0 Å². The summed E-state index contributed by atoms with van der Waals surface area (Å²) in [5.74, 6) is 0.841. The van der Waals surface area contributed by atoms with Gasteiger partial charge in [0.05, 0.1) is 17.0 Å². The lowest BCUT2D eigenvalue weighted by Crippen LogP contribution is -2.29. The highest BCUT2D eigenvalue weighted by atomic mass is 32.2. The first kappa shape index (κ1) is 15.5. The molecule has 1 aromatic rings. The van der Waals surface area contributed by atoms with E-state index in [0.29, 0.717) is 17.0 Å². The van der Waals surface area contributed by atoms with Crippen LogP contribution in [0.3, 0.4) is 0 Å². The number of unbranched alkanes of at least 4 members (excludes halogenated alkanes) is 1. The van der Waals surface area contributed by atoms with Crippen molar-refractivity contribution in [1.82, 2.24) is 4.90 Å². The zero-order valence-electron chi connectivity index (χ0n) is 11.1. The second-order valence-electron chi connectivity index (χ2n) is 4.31. The van der Waals surface area contributed by atoms with Gasteiger partial charge in [0, 0.05) is 0 Å². The minimum atomic E-state index is -0.223. The van der Waals surface area contributed by atoms with Crippen LogP contribution in [0, 0.1) is 0 Å². The Kier molecular flexibility index (Phi) is 5.63. The fraction of sp³-hybridized carbons (Fsp3) is 0.357. The van der Waals surface area contributed by atoms with Gasteiger partial charge in [0.2, 0.25) is 0 Å². The van der Waals surface area contributed by atoms with Crippen LogP contribution in [-0.4, -0.2) is 31.9 Å². The van der Waals surface area contributed by atoms with Crippen molar-refractivity contribution >= 4 is 51.1 Å². The van der Waals surface area contributed by atoms with Crippen molar-refractivity contribution in [3.8, 4) is 0 Å².